The molecule has 0 spiro atoms. The average Bonchev–Trinajstić information content (AvgIpc) is 3.13. The van der Waals surface area contributed by atoms with Crippen molar-refractivity contribution >= 4 is 15.7 Å². The number of amides is 1. The van der Waals surface area contributed by atoms with Crippen molar-refractivity contribution in [3.8, 4) is 11.1 Å². The van der Waals surface area contributed by atoms with E-state index >= 15 is 0 Å². The monoisotopic (exact) mass is 428 g/mol. The Balaban J connectivity index is 1.35. The quantitative estimate of drug-likeness (QED) is 0.786. The van der Waals surface area contributed by atoms with Gasteiger partial charge in [-0.3, -0.25) is 9.78 Å². The highest BCUT2D eigenvalue weighted by Crippen LogP contribution is 2.38. The van der Waals surface area contributed by atoms with Gasteiger partial charge in [0.2, 0.25) is 5.91 Å². The summed E-state index contributed by atoms with van der Waals surface area (Å²) in [6, 6.07) is 3.98. The molecule has 3 heterocycles. The minimum Gasteiger partial charge on any atom is -0.356 e. The molecule has 1 atom stereocenters. The molecule has 8 heteroatoms. The molecule has 1 aliphatic carbocycles. The highest BCUT2D eigenvalue weighted by molar-refractivity contribution is 7.91. The van der Waals surface area contributed by atoms with Crippen LogP contribution in [-0.2, 0) is 14.6 Å². The molecule has 1 saturated carbocycles. The fourth-order valence-corrected chi connectivity index (χ4v) is 6.33. The molecule has 1 saturated heterocycles. The van der Waals surface area contributed by atoms with E-state index in [2.05, 4.69) is 15.3 Å². The molecule has 0 aromatic carbocycles. The second-order valence-electron chi connectivity index (χ2n) is 8.51. The van der Waals surface area contributed by atoms with E-state index in [1.54, 1.807) is 12.4 Å². The molecular formula is C22H28N4O3S. The van der Waals surface area contributed by atoms with Gasteiger partial charge in [0.1, 0.15) is 5.82 Å². The summed E-state index contributed by atoms with van der Waals surface area (Å²) in [5.74, 6) is 1.23. The van der Waals surface area contributed by atoms with Gasteiger partial charge >= 0.3 is 0 Å². The van der Waals surface area contributed by atoms with Crippen LogP contribution in [0.4, 0.5) is 0 Å². The Hall–Kier alpha value is -2.35. The van der Waals surface area contributed by atoms with E-state index in [-0.39, 0.29) is 23.3 Å². The molecule has 2 fully saturated rings. The second kappa shape index (κ2) is 8.79. The van der Waals surface area contributed by atoms with Gasteiger partial charge in [0.15, 0.2) is 9.84 Å². The van der Waals surface area contributed by atoms with E-state index < -0.39 is 9.84 Å². The Morgan fingerprint density at radius 3 is 2.53 bits per heavy atom. The molecule has 4 rings (SSSR count). The summed E-state index contributed by atoms with van der Waals surface area (Å²) in [5.41, 5.74) is 3.26. The first-order valence-electron chi connectivity index (χ1n) is 10.6. The predicted molar refractivity (Wildman–Crippen MR) is 114 cm³/mol. The summed E-state index contributed by atoms with van der Waals surface area (Å²) in [6.45, 7) is 2.55. The van der Waals surface area contributed by atoms with Gasteiger partial charge < -0.3 is 5.32 Å². The fourth-order valence-electron chi connectivity index (χ4n) is 4.58. The zero-order valence-corrected chi connectivity index (χ0v) is 18.1. The molecule has 0 radical (unpaired) electrons. The molecule has 0 unspecified atom stereocenters. The largest absolute Gasteiger partial charge is 0.356 e. The lowest BCUT2D eigenvalue weighted by Crippen LogP contribution is -2.36. The molecule has 0 bridgehead atoms. The lowest BCUT2D eigenvalue weighted by atomic mass is 9.79. The van der Waals surface area contributed by atoms with Gasteiger partial charge in [-0.25, -0.2) is 18.4 Å². The minimum absolute atomic E-state index is 0.00355. The van der Waals surface area contributed by atoms with Crippen molar-refractivity contribution in [3.05, 3.63) is 42.2 Å². The molecule has 2 aromatic rings. The third-order valence-electron chi connectivity index (χ3n) is 6.33. The highest BCUT2D eigenvalue weighted by Gasteiger charge is 2.33. The van der Waals surface area contributed by atoms with E-state index in [0.29, 0.717) is 24.8 Å². The van der Waals surface area contributed by atoms with Gasteiger partial charge in [-0.15, -0.1) is 0 Å². The van der Waals surface area contributed by atoms with Crippen LogP contribution in [0.15, 0.2) is 30.7 Å². The van der Waals surface area contributed by atoms with Gasteiger partial charge in [0.05, 0.1) is 23.1 Å². The van der Waals surface area contributed by atoms with Crippen molar-refractivity contribution < 1.29 is 13.2 Å². The van der Waals surface area contributed by atoms with Crippen LogP contribution in [0.2, 0.25) is 0 Å². The Labute approximate surface area is 177 Å². The van der Waals surface area contributed by atoms with Crippen molar-refractivity contribution in [3.63, 3.8) is 0 Å². The van der Waals surface area contributed by atoms with Gasteiger partial charge in [0.25, 0.3) is 0 Å². The van der Waals surface area contributed by atoms with Crippen molar-refractivity contribution in [1.82, 2.24) is 20.3 Å². The molecule has 7 nitrogen and oxygen atoms in total. The van der Waals surface area contributed by atoms with Crippen LogP contribution in [0.1, 0.15) is 49.5 Å². The zero-order chi connectivity index (χ0) is 21.1. The summed E-state index contributed by atoms with van der Waals surface area (Å²) in [5, 5.41) is 3.00. The summed E-state index contributed by atoms with van der Waals surface area (Å²) in [7, 11) is -3.03. The van der Waals surface area contributed by atoms with Crippen LogP contribution in [0.3, 0.4) is 0 Å². The number of rotatable bonds is 5. The number of hydrogen-bond acceptors (Lipinski definition) is 6. The first kappa shape index (κ1) is 20.9. The van der Waals surface area contributed by atoms with E-state index in [4.69, 9.17) is 4.98 Å². The maximum Gasteiger partial charge on any atom is 0.224 e. The van der Waals surface area contributed by atoms with Crippen molar-refractivity contribution in [2.45, 2.75) is 44.9 Å². The normalized spacial score (nSPS) is 25.7. The summed E-state index contributed by atoms with van der Waals surface area (Å²) in [6.07, 6.45) is 10.0. The molecule has 160 valence electrons. The van der Waals surface area contributed by atoms with Crippen molar-refractivity contribution in [2.24, 2.45) is 11.8 Å². The number of nitrogens with one attached hydrogen (secondary N) is 1. The number of pyridine rings is 1. The first-order valence-corrected chi connectivity index (χ1v) is 12.5. The topological polar surface area (TPSA) is 102 Å². The molecule has 30 heavy (non-hydrogen) atoms. The third-order valence-corrected chi connectivity index (χ3v) is 8.10. The number of aromatic nitrogens is 3. The van der Waals surface area contributed by atoms with Crippen LogP contribution in [0.5, 0.6) is 0 Å². The second-order valence-corrected chi connectivity index (χ2v) is 10.7. The molecule has 1 amide bonds. The van der Waals surface area contributed by atoms with E-state index in [9.17, 15) is 13.2 Å². The van der Waals surface area contributed by atoms with Gasteiger partial charge in [-0.1, -0.05) is 0 Å². The summed E-state index contributed by atoms with van der Waals surface area (Å²) < 4.78 is 23.2. The molecule has 1 aliphatic heterocycles. The molecule has 2 aliphatic rings. The number of carbonyl (C=O) groups excluding carboxylic acids is 1. The lowest BCUT2D eigenvalue weighted by molar-refractivity contribution is -0.124. The van der Waals surface area contributed by atoms with E-state index in [0.717, 1.165) is 48.3 Å². The maximum absolute atomic E-state index is 12.3. The lowest BCUT2D eigenvalue weighted by Gasteiger charge is -2.29. The van der Waals surface area contributed by atoms with Gasteiger partial charge in [0, 0.05) is 36.6 Å². The van der Waals surface area contributed by atoms with E-state index in [1.807, 2.05) is 25.3 Å². The van der Waals surface area contributed by atoms with Crippen LogP contribution < -0.4 is 5.32 Å². The van der Waals surface area contributed by atoms with Crippen molar-refractivity contribution in [2.75, 3.05) is 18.1 Å². The average molecular weight is 429 g/mol. The Morgan fingerprint density at radius 1 is 1.13 bits per heavy atom. The standard InChI is InChI=1S/C22H28N4O3S/c1-15-24-13-20(17-6-9-23-10-7-17)21(26-15)18-4-2-16(3-5-18)12-25-22(27)19-8-11-30(28,29)14-19/h6-7,9-10,13,16,18-19H,2-5,8,11-12,14H2,1H3,(H,25,27)/t16?,18?,19-/m0/s1. The minimum atomic E-state index is -3.03. The van der Waals surface area contributed by atoms with Crippen molar-refractivity contribution in [1.29, 1.82) is 0 Å². The summed E-state index contributed by atoms with van der Waals surface area (Å²) in [4.78, 5) is 25.6. The third kappa shape index (κ3) is 4.86. The van der Waals surface area contributed by atoms with Crippen LogP contribution in [0, 0.1) is 18.8 Å². The number of nitrogens with zero attached hydrogens (tertiary/aromatic N) is 3. The maximum atomic E-state index is 12.3. The number of carbonyl (C=O) groups is 1. The Kier molecular flexibility index (Phi) is 6.13. The zero-order valence-electron chi connectivity index (χ0n) is 17.3. The first-order chi connectivity index (χ1) is 14.4. The number of hydrogen-bond donors (Lipinski definition) is 1. The Morgan fingerprint density at radius 2 is 1.87 bits per heavy atom. The highest BCUT2D eigenvalue weighted by atomic mass is 32.2. The van der Waals surface area contributed by atoms with Gasteiger partial charge in [-0.05, 0) is 62.6 Å². The number of aryl methyl sites for hydroxylation is 1. The van der Waals surface area contributed by atoms with Crippen LogP contribution >= 0.6 is 0 Å². The smallest absolute Gasteiger partial charge is 0.224 e. The summed E-state index contributed by atoms with van der Waals surface area (Å²) >= 11 is 0. The number of sulfone groups is 1. The van der Waals surface area contributed by atoms with E-state index in [1.165, 1.54) is 0 Å². The van der Waals surface area contributed by atoms with Crippen LogP contribution in [0.25, 0.3) is 11.1 Å². The molecule has 2 aromatic heterocycles. The SMILES string of the molecule is Cc1ncc(-c2ccncc2)c(C2CCC(CNC(=O)[C@H]3CCS(=O)(=O)C3)CC2)n1. The molecular weight excluding hydrogens is 400 g/mol. The molecule has 1 N–H and O–H groups in total. The van der Waals surface area contributed by atoms with Gasteiger partial charge in [-0.2, -0.15) is 0 Å². The predicted octanol–water partition coefficient (Wildman–Crippen LogP) is 2.67. The fraction of sp³-hybridized carbons (Fsp3) is 0.545. The van der Waals surface area contributed by atoms with Crippen LogP contribution in [-0.4, -0.2) is 47.3 Å². The Bertz CT molecular complexity index is 1000.